The van der Waals surface area contributed by atoms with E-state index in [0.717, 1.165) is 0 Å². The van der Waals surface area contributed by atoms with E-state index in [1.165, 1.54) is 6.20 Å². The van der Waals surface area contributed by atoms with Crippen molar-refractivity contribution in [3.05, 3.63) is 18.2 Å². The summed E-state index contributed by atoms with van der Waals surface area (Å²) in [6, 6.07) is 0. The van der Waals surface area contributed by atoms with Gasteiger partial charge in [-0.3, -0.25) is 0 Å². The van der Waals surface area contributed by atoms with Crippen LogP contribution in [0.2, 0.25) is 0 Å². The Morgan fingerprint density at radius 1 is 1.79 bits per heavy atom. The number of aryl methyl sites for hydroxylation is 1. The topological polar surface area (TPSA) is 76.7 Å². The lowest BCUT2D eigenvalue weighted by molar-refractivity contribution is -0.135. The number of hydrogen-bond acceptors (Lipinski definition) is 5. The number of aromatic nitrogens is 2. The van der Waals surface area contributed by atoms with Gasteiger partial charge in [-0.1, -0.05) is 5.16 Å². The molecule has 0 spiro atoms. The van der Waals surface area contributed by atoms with Crippen LogP contribution in [0.25, 0.3) is 0 Å². The molecule has 76 valence electrons. The van der Waals surface area contributed by atoms with Crippen LogP contribution in [-0.4, -0.2) is 33.0 Å². The zero-order valence-electron chi connectivity index (χ0n) is 7.97. The monoisotopic (exact) mass is 197 g/mol. The molecule has 6 nitrogen and oxygen atoms in total. The van der Waals surface area contributed by atoms with E-state index in [1.807, 2.05) is 0 Å². The van der Waals surface area contributed by atoms with Gasteiger partial charge in [-0.25, -0.2) is 9.78 Å². The van der Waals surface area contributed by atoms with Crippen LogP contribution in [0, 0.1) is 0 Å². The number of esters is 1. The summed E-state index contributed by atoms with van der Waals surface area (Å²) in [6.07, 6.45) is 3.14. The lowest BCUT2D eigenvalue weighted by Crippen LogP contribution is -2.22. The molecule has 1 aromatic rings. The van der Waals surface area contributed by atoms with Crippen molar-refractivity contribution >= 4 is 11.7 Å². The molecule has 0 aromatic carbocycles. The summed E-state index contributed by atoms with van der Waals surface area (Å²) in [4.78, 5) is 15.1. The number of hydrogen-bond donors (Lipinski definition) is 1. The Morgan fingerprint density at radius 2 is 2.50 bits per heavy atom. The van der Waals surface area contributed by atoms with Crippen molar-refractivity contribution < 1.29 is 14.7 Å². The highest BCUT2D eigenvalue weighted by Gasteiger charge is 2.19. The van der Waals surface area contributed by atoms with E-state index in [9.17, 15) is 4.79 Å². The Hall–Kier alpha value is -1.85. The van der Waals surface area contributed by atoms with Gasteiger partial charge in [0.25, 0.3) is 0 Å². The molecule has 1 rings (SSSR count). The van der Waals surface area contributed by atoms with Crippen molar-refractivity contribution in [2.45, 2.75) is 6.92 Å². The Balaban J connectivity index is 2.95. The normalized spacial score (nSPS) is 11.4. The van der Waals surface area contributed by atoms with Gasteiger partial charge in [-0.05, 0) is 6.92 Å². The van der Waals surface area contributed by atoms with E-state index in [-0.39, 0.29) is 18.1 Å². The average Bonchev–Trinajstić information content (AvgIpc) is 2.54. The summed E-state index contributed by atoms with van der Waals surface area (Å²) in [5.41, 5.74) is -0.195. The van der Waals surface area contributed by atoms with Gasteiger partial charge < -0.3 is 14.5 Å². The largest absolute Gasteiger partial charge is 0.461 e. The van der Waals surface area contributed by atoms with Gasteiger partial charge >= 0.3 is 5.97 Å². The average molecular weight is 197 g/mol. The maximum Gasteiger partial charge on any atom is 0.364 e. The Kier molecular flexibility index (Phi) is 3.22. The number of rotatable bonds is 3. The first-order valence-corrected chi connectivity index (χ1v) is 4.07. The smallest absolute Gasteiger partial charge is 0.364 e. The van der Waals surface area contributed by atoms with Crippen molar-refractivity contribution in [2.75, 3.05) is 6.61 Å². The molecule has 0 saturated carbocycles. The number of ether oxygens (including phenoxy) is 1. The number of carbonyl (C=O) groups excluding carboxylic acids is 1. The quantitative estimate of drug-likeness (QED) is 0.324. The van der Waals surface area contributed by atoms with Gasteiger partial charge in [-0.15, -0.1) is 0 Å². The third-order valence-corrected chi connectivity index (χ3v) is 1.60. The van der Waals surface area contributed by atoms with Gasteiger partial charge in [0.15, 0.2) is 5.82 Å². The predicted molar refractivity (Wildman–Crippen MR) is 48.2 cm³/mol. The van der Waals surface area contributed by atoms with E-state index < -0.39 is 5.97 Å². The van der Waals surface area contributed by atoms with Crippen LogP contribution in [0.3, 0.4) is 0 Å². The summed E-state index contributed by atoms with van der Waals surface area (Å²) in [7, 11) is 1.69. The van der Waals surface area contributed by atoms with Crippen molar-refractivity contribution in [2.24, 2.45) is 12.2 Å². The fourth-order valence-corrected chi connectivity index (χ4v) is 0.970. The highest BCUT2D eigenvalue weighted by atomic mass is 16.5. The predicted octanol–water partition coefficient (Wildman–Crippen LogP) is 0.161. The van der Waals surface area contributed by atoms with Gasteiger partial charge in [0.2, 0.25) is 5.71 Å². The fourth-order valence-electron chi connectivity index (χ4n) is 0.970. The van der Waals surface area contributed by atoms with E-state index in [0.29, 0.717) is 0 Å². The Bertz CT molecular complexity index is 356. The van der Waals surface area contributed by atoms with E-state index in [4.69, 9.17) is 9.94 Å². The van der Waals surface area contributed by atoms with Gasteiger partial charge in [0.05, 0.1) is 6.61 Å². The minimum atomic E-state index is -0.690. The SMILES string of the molecule is CCOC(=O)/C(=N/O)c1nccn1C. The molecule has 1 N–H and O–H groups in total. The molecule has 0 atom stereocenters. The standard InChI is InChI=1S/C8H11N3O3/c1-3-14-8(12)6(10-13)7-9-4-5-11(7)2/h4-5,13H,3H2,1-2H3/b10-6+. The minimum Gasteiger partial charge on any atom is -0.461 e. The molecule has 0 aliphatic carbocycles. The second-order valence-corrected chi connectivity index (χ2v) is 2.53. The highest BCUT2D eigenvalue weighted by molar-refractivity contribution is 6.42. The van der Waals surface area contributed by atoms with Crippen molar-refractivity contribution in [3.8, 4) is 0 Å². The first-order chi connectivity index (χ1) is 6.70. The molecule has 1 aromatic heterocycles. The zero-order chi connectivity index (χ0) is 10.6. The molecule has 0 fully saturated rings. The van der Waals surface area contributed by atoms with Crippen molar-refractivity contribution in [1.82, 2.24) is 9.55 Å². The molecule has 0 unspecified atom stereocenters. The molecule has 0 aliphatic heterocycles. The van der Waals surface area contributed by atoms with E-state index >= 15 is 0 Å². The highest BCUT2D eigenvalue weighted by Crippen LogP contribution is 1.99. The minimum absolute atomic E-state index is 0.195. The number of oxime groups is 1. The molecule has 1 heterocycles. The second-order valence-electron chi connectivity index (χ2n) is 2.53. The summed E-state index contributed by atoms with van der Waals surface area (Å²) in [5.74, 6) is -0.421. The van der Waals surface area contributed by atoms with Crippen LogP contribution in [0.15, 0.2) is 17.5 Å². The number of carbonyl (C=O) groups is 1. The maximum absolute atomic E-state index is 11.3. The maximum atomic E-state index is 11.3. The molecule has 0 radical (unpaired) electrons. The van der Waals surface area contributed by atoms with Crippen LogP contribution in [0.4, 0.5) is 0 Å². The van der Waals surface area contributed by atoms with Crippen molar-refractivity contribution in [1.29, 1.82) is 0 Å². The van der Waals surface area contributed by atoms with Crippen LogP contribution >= 0.6 is 0 Å². The first-order valence-electron chi connectivity index (χ1n) is 4.07. The third-order valence-electron chi connectivity index (χ3n) is 1.60. The van der Waals surface area contributed by atoms with Crippen LogP contribution in [0.1, 0.15) is 12.7 Å². The summed E-state index contributed by atoms with van der Waals surface area (Å²) < 4.78 is 6.25. The molecule has 0 bridgehead atoms. The lowest BCUT2D eigenvalue weighted by Gasteiger charge is -2.03. The molecule has 0 amide bonds. The number of imidazole rings is 1. The first kappa shape index (κ1) is 10.2. The zero-order valence-corrected chi connectivity index (χ0v) is 7.97. The summed E-state index contributed by atoms with van der Waals surface area (Å²) in [5, 5.41) is 11.5. The van der Waals surface area contributed by atoms with Gasteiger partial charge in [0.1, 0.15) is 0 Å². The lowest BCUT2D eigenvalue weighted by atomic mass is 10.3. The molecular formula is C8H11N3O3. The van der Waals surface area contributed by atoms with Crippen LogP contribution < -0.4 is 0 Å². The molecule has 0 aliphatic rings. The molecular weight excluding hydrogens is 186 g/mol. The summed E-state index contributed by atoms with van der Waals surface area (Å²) >= 11 is 0. The van der Waals surface area contributed by atoms with Gasteiger partial charge in [0, 0.05) is 19.4 Å². The van der Waals surface area contributed by atoms with E-state index in [1.54, 1.807) is 24.7 Å². The van der Waals surface area contributed by atoms with E-state index in [2.05, 4.69) is 10.1 Å². The van der Waals surface area contributed by atoms with Crippen LogP contribution in [-0.2, 0) is 16.6 Å². The Morgan fingerprint density at radius 3 is 2.93 bits per heavy atom. The molecule has 14 heavy (non-hydrogen) atoms. The molecule has 6 heteroatoms. The summed E-state index contributed by atoms with van der Waals surface area (Å²) in [6.45, 7) is 1.90. The number of nitrogens with zero attached hydrogens (tertiary/aromatic N) is 3. The van der Waals surface area contributed by atoms with Crippen LogP contribution in [0.5, 0.6) is 0 Å². The third kappa shape index (κ3) is 1.90. The fraction of sp³-hybridized carbons (Fsp3) is 0.375. The van der Waals surface area contributed by atoms with Gasteiger partial charge in [-0.2, -0.15) is 0 Å². The molecule has 0 saturated heterocycles. The van der Waals surface area contributed by atoms with Crippen molar-refractivity contribution in [3.63, 3.8) is 0 Å². The second kappa shape index (κ2) is 4.40. The Labute approximate surface area is 80.8 Å².